The van der Waals surface area contributed by atoms with Crippen LogP contribution in [0.5, 0.6) is 0 Å². The van der Waals surface area contributed by atoms with Gasteiger partial charge < -0.3 is 5.32 Å². The molecule has 1 aromatic heterocycles. The lowest BCUT2D eigenvalue weighted by atomic mass is 10.2. The molecule has 0 radical (unpaired) electrons. The molecule has 0 amide bonds. The molecule has 0 aromatic carbocycles. The summed E-state index contributed by atoms with van der Waals surface area (Å²) in [5.74, 6) is 0.434. The van der Waals surface area contributed by atoms with E-state index in [1.54, 1.807) is 0 Å². The molecule has 1 aromatic rings. The summed E-state index contributed by atoms with van der Waals surface area (Å²) in [6.45, 7) is 0.794. The van der Waals surface area contributed by atoms with E-state index < -0.39 is 0 Å². The van der Waals surface area contributed by atoms with Gasteiger partial charge in [-0.05, 0) is 48.9 Å². The zero-order chi connectivity index (χ0) is 11.4. The predicted molar refractivity (Wildman–Crippen MR) is 64.9 cm³/mol. The molecule has 2 rings (SSSR count). The molecule has 0 saturated heterocycles. The third kappa shape index (κ3) is 3.32. The monoisotopic (exact) mass is 258 g/mol. The maximum atomic E-state index is 5.66. The molecule has 1 N–H and O–H groups in total. The van der Waals surface area contributed by atoms with Gasteiger partial charge in [0.1, 0.15) is 0 Å². The van der Waals surface area contributed by atoms with Crippen molar-refractivity contribution < 1.29 is 0 Å². The fourth-order valence-corrected chi connectivity index (χ4v) is 2.07. The van der Waals surface area contributed by atoms with Crippen molar-refractivity contribution in [3.05, 3.63) is 22.2 Å². The van der Waals surface area contributed by atoms with Crippen molar-refractivity contribution >= 4 is 29.2 Å². The first-order valence-corrected chi connectivity index (χ1v) is 5.98. The van der Waals surface area contributed by atoms with Gasteiger partial charge >= 0.3 is 0 Å². The highest BCUT2D eigenvalue weighted by Crippen LogP contribution is 2.20. The van der Waals surface area contributed by atoms with Gasteiger partial charge in [0.2, 0.25) is 16.5 Å². The lowest BCUT2D eigenvalue weighted by Crippen LogP contribution is -2.07. The van der Waals surface area contributed by atoms with E-state index in [-0.39, 0.29) is 10.6 Å². The van der Waals surface area contributed by atoms with Crippen molar-refractivity contribution in [1.29, 1.82) is 0 Å². The van der Waals surface area contributed by atoms with Gasteiger partial charge in [-0.15, -0.1) is 0 Å². The zero-order valence-corrected chi connectivity index (χ0v) is 10.2. The summed E-state index contributed by atoms with van der Waals surface area (Å²) < 4.78 is 0. The number of nitrogens with zero attached hydrogens (tertiary/aromatic N) is 3. The Morgan fingerprint density at radius 2 is 1.94 bits per heavy atom. The van der Waals surface area contributed by atoms with Crippen molar-refractivity contribution in [3.8, 4) is 0 Å². The normalized spacial score (nSPS) is 15.0. The SMILES string of the molecule is Clc1nc(Cl)nc(NCCC2=CCCC2)n1. The van der Waals surface area contributed by atoms with Crippen LogP contribution in [0.2, 0.25) is 10.6 Å². The minimum Gasteiger partial charge on any atom is -0.354 e. The van der Waals surface area contributed by atoms with Crippen molar-refractivity contribution in [3.63, 3.8) is 0 Å². The van der Waals surface area contributed by atoms with Gasteiger partial charge in [-0.25, -0.2) is 0 Å². The zero-order valence-electron chi connectivity index (χ0n) is 8.71. The van der Waals surface area contributed by atoms with Crippen molar-refractivity contribution in [1.82, 2.24) is 15.0 Å². The summed E-state index contributed by atoms with van der Waals surface area (Å²) in [5.41, 5.74) is 1.50. The number of anilines is 1. The van der Waals surface area contributed by atoms with E-state index in [1.165, 1.54) is 24.8 Å². The van der Waals surface area contributed by atoms with Gasteiger partial charge in [0.05, 0.1) is 0 Å². The summed E-state index contributed by atoms with van der Waals surface area (Å²) in [6, 6.07) is 0. The van der Waals surface area contributed by atoms with Crippen molar-refractivity contribution in [2.75, 3.05) is 11.9 Å². The molecule has 0 fully saturated rings. The van der Waals surface area contributed by atoms with Crippen molar-refractivity contribution in [2.24, 2.45) is 0 Å². The van der Waals surface area contributed by atoms with E-state index in [0.29, 0.717) is 5.95 Å². The average Bonchev–Trinajstić information content (AvgIpc) is 2.69. The Morgan fingerprint density at radius 3 is 2.56 bits per heavy atom. The fraction of sp³-hybridized carbons (Fsp3) is 0.500. The molecule has 86 valence electrons. The van der Waals surface area contributed by atoms with Gasteiger partial charge in [0.15, 0.2) is 0 Å². The van der Waals surface area contributed by atoms with E-state index in [4.69, 9.17) is 23.2 Å². The molecule has 0 spiro atoms. The largest absolute Gasteiger partial charge is 0.354 e. The molecule has 1 aliphatic rings. The van der Waals surface area contributed by atoms with Crippen LogP contribution in [0.3, 0.4) is 0 Å². The summed E-state index contributed by atoms with van der Waals surface area (Å²) >= 11 is 11.3. The lowest BCUT2D eigenvalue weighted by molar-refractivity contribution is 0.858. The Morgan fingerprint density at radius 1 is 1.19 bits per heavy atom. The summed E-state index contributed by atoms with van der Waals surface area (Å²) in [4.78, 5) is 11.5. The quantitative estimate of drug-likeness (QED) is 0.844. The van der Waals surface area contributed by atoms with Crippen LogP contribution < -0.4 is 5.32 Å². The van der Waals surface area contributed by atoms with Crippen molar-refractivity contribution in [2.45, 2.75) is 25.7 Å². The Kier molecular flexibility index (Phi) is 3.96. The second kappa shape index (κ2) is 5.46. The number of nitrogens with one attached hydrogen (secondary N) is 1. The summed E-state index contributed by atoms with van der Waals surface area (Å²) in [7, 11) is 0. The van der Waals surface area contributed by atoms with E-state index in [9.17, 15) is 0 Å². The van der Waals surface area contributed by atoms with Gasteiger partial charge in [-0.3, -0.25) is 0 Å². The highest BCUT2D eigenvalue weighted by atomic mass is 35.5. The minimum atomic E-state index is 0.114. The number of halogens is 2. The molecular formula is C10H12Cl2N4. The number of rotatable bonds is 4. The Balaban J connectivity index is 1.84. The Hall–Kier alpha value is -0.870. The average molecular weight is 259 g/mol. The first-order valence-electron chi connectivity index (χ1n) is 5.23. The standard InChI is InChI=1S/C10H12Cl2N4/c11-8-14-9(12)16-10(15-8)13-6-5-7-3-1-2-4-7/h3H,1-2,4-6H2,(H,13,14,15,16). The minimum absolute atomic E-state index is 0.114. The third-order valence-electron chi connectivity index (χ3n) is 2.45. The van der Waals surface area contributed by atoms with Crippen LogP contribution in [0.25, 0.3) is 0 Å². The molecule has 0 saturated carbocycles. The molecule has 0 atom stereocenters. The van der Waals surface area contributed by atoms with Crippen LogP contribution in [0, 0.1) is 0 Å². The predicted octanol–water partition coefficient (Wildman–Crippen LogP) is 3.09. The fourth-order valence-electron chi connectivity index (χ4n) is 1.70. The highest BCUT2D eigenvalue weighted by Gasteiger charge is 2.05. The summed E-state index contributed by atoms with van der Waals surface area (Å²) in [6.07, 6.45) is 7.01. The van der Waals surface area contributed by atoms with Gasteiger partial charge in [-0.1, -0.05) is 11.6 Å². The van der Waals surface area contributed by atoms with Crippen LogP contribution in [0.1, 0.15) is 25.7 Å². The summed E-state index contributed by atoms with van der Waals surface area (Å²) in [5, 5.41) is 3.31. The maximum absolute atomic E-state index is 5.66. The van der Waals surface area contributed by atoms with E-state index in [2.05, 4.69) is 26.3 Å². The van der Waals surface area contributed by atoms with E-state index in [1.807, 2.05) is 0 Å². The first-order chi connectivity index (χ1) is 7.74. The molecule has 6 heteroatoms. The van der Waals surface area contributed by atoms with Crippen LogP contribution in [0.15, 0.2) is 11.6 Å². The number of hydrogen-bond donors (Lipinski definition) is 1. The molecule has 16 heavy (non-hydrogen) atoms. The molecule has 4 nitrogen and oxygen atoms in total. The van der Waals surface area contributed by atoms with E-state index in [0.717, 1.165) is 13.0 Å². The first kappa shape index (κ1) is 11.6. The number of allylic oxidation sites excluding steroid dienone is 1. The third-order valence-corrected chi connectivity index (χ3v) is 2.78. The second-order valence-electron chi connectivity index (χ2n) is 3.63. The van der Waals surface area contributed by atoms with Gasteiger partial charge in [0.25, 0.3) is 0 Å². The molecule has 1 heterocycles. The van der Waals surface area contributed by atoms with Crippen LogP contribution in [0.4, 0.5) is 5.95 Å². The molecular weight excluding hydrogens is 247 g/mol. The van der Waals surface area contributed by atoms with Crippen LogP contribution in [-0.4, -0.2) is 21.5 Å². The molecule has 0 bridgehead atoms. The number of aromatic nitrogens is 3. The van der Waals surface area contributed by atoms with Crippen LogP contribution in [-0.2, 0) is 0 Å². The Labute approximate surface area is 104 Å². The smallest absolute Gasteiger partial charge is 0.228 e. The Bertz CT molecular complexity index is 386. The highest BCUT2D eigenvalue weighted by molar-refractivity contribution is 6.31. The second-order valence-corrected chi connectivity index (χ2v) is 4.30. The molecule has 1 aliphatic carbocycles. The van der Waals surface area contributed by atoms with Crippen LogP contribution >= 0.6 is 23.2 Å². The van der Waals surface area contributed by atoms with Gasteiger partial charge in [0, 0.05) is 6.54 Å². The molecule has 0 unspecified atom stereocenters. The lowest BCUT2D eigenvalue weighted by Gasteiger charge is -2.05. The topological polar surface area (TPSA) is 50.7 Å². The number of hydrogen-bond acceptors (Lipinski definition) is 4. The van der Waals surface area contributed by atoms with Gasteiger partial charge in [-0.2, -0.15) is 15.0 Å². The maximum Gasteiger partial charge on any atom is 0.228 e. The molecule has 0 aliphatic heterocycles. The van der Waals surface area contributed by atoms with E-state index >= 15 is 0 Å².